The van der Waals surface area contributed by atoms with Gasteiger partial charge in [-0.3, -0.25) is 0 Å². The highest BCUT2D eigenvalue weighted by atomic mass is 16.5. The van der Waals surface area contributed by atoms with Gasteiger partial charge in [0.15, 0.2) is 34.9 Å². The quantitative estimate of drug-likeness (QED) is 0.113. The van der Waals surface area contributed by atoms with E-state index in [9.17, 15) is 0 Å². The topological polar surface area (TPSA) is 95.8 Å². The summed E-state index contributed by atoms with van der Waals surface area (Å²) >= 11 is 0. The van der Waals surface area contributed by atoms with Crippen LogP contribution in [0.5, 0.6) is 23.0 Å². The van der Waals surface area contributed by atoms with E-state index < -0.39 is 10.8 Å². The van der Waals surface area contributed by atoms with Gasteiger partial charge in [-0.25, -0.2) is 29.9 Å². The highest BCUT2D eigenvalue weighted by Gasteiger charge is 2.48. The molecule has 0 saturated heterocycles. The lowest BCUT2D eigenvalue weighted by molar-refractivity contribution is 0.434. The van der Waals surface area contributed by atoms with E-state index >= 15 is 0 Å². The number of fused-ring (bicyclic) bond motifs is 5. The molecule has 0 N–H and O–H groups in total. The van der Waals surface area contributed by atoms with Crippen LogP contribution in [-0.2, 0) is 10.8 Å². The number of hydrogen-bond donors (Lipinski definition) is 0. The van der Waals surface area contributed by atoms with Gasteiger partial charge in [0.25, 0.3) is 0 Å². The van der Waals surface area contributed by atoms with Crippen molar-refractivity contribution in [1.82, 2.24) is 29.9 Å². The third-order valence-corrected chi connectivity index (χ3v) is 21.1. The number of ether oxygens (including phenoxy) is 2. The lowest BCUT2D eigenvalue weighted by Gasteiger charge is -2.42. The number of hydrogen-bond acceptors (Lipinski definition) is 8. The monoisotopic (exact) mass is 1410 g/mol. The Kier molecular flexibility index (Phi) is 17.2. The van der Waals surface area contributed by atoms with Crippen LogP contribution >= 0.6 is 0 Å². The van der Waals surface area contributed by atoms with Crippen LogP contribution in [0.3, 0.4) is 0 Å². The van der Waals surface area contributed by atoms with E-state index in [2.05, 4.69) is 322 Å². The Bertz CT molecular complexity index is 6340. The van der Waals surface area contributed by atoms with Gasteiger partial charge in [-0.15, -0.1) is 0 Å². The molecule has 518 valence electrons. The molecule has 8 nitrogen and oxygen atoms in total. The maximum Gasteiger partial charge on any atom is 0.164 e. The molecule has 20 rings (SSSR count). The Morgan fingerprint density at radius 1 is 0.173 bits per heavy atom. The molecule has 0 saturated carbocycles. The minimum Gasteiger partial charge on any atom is -0.457 e. The van der Waals surface area contributed by atoms with Gasteiger partial charge < -0.3 is 9.47 Å². The summed E-state index contributed by atoms with van der Waals surface area (Å²) in [7, 11) is 0. The first-order chi connectivity index (χ1) is 54.5. The maximum atomic E-state index is 6.60. The minimum absolute atomic E-state index is 0.609. The molecule has 2 aliphatic rings. The predicted molar refractivity (Wildman–Crippen MR) is 443 cm³/mol. The molecule has 2 aliphatic heterocycles. The average Bonchev–Trinajstić information content (AvgIpc) is 0.706. The van der Waals surface area contributed by atoms with Crippen LogP contribution < -0.4 is 9.47 Å². The Morgan fingerprint density at radius 2 is 0.436 bits per heavy atom. The molecule has 0 fully saturated rings. The zero-order chi connectivity index (χ0) is 73.2. The number of rotatable bonds is 13. The third kappa shape index (κ3) is 11.9. The van der Waals surface area contributed by atoms with Gasteiger partial charge in [0.05, 0.1) is 10.8 Å². The van der Waals surface area contributed by atoms with Gasteiger partial charge in [-0.05, 0) is 109 Å². The summed E-state index contributed by atoms with van der Waals surface area (Å²) in [5, 5.41) is 2.24. The van der Waals surface area contributed by atoms with E-state index in [1.54, 1.807) is 0 Å². The molecule has 0 spiro atoms. The Hall–Kier alpha value is -14.6. The predicted octanol–water partition coefficient (Wildman–Crippen LogP) is 24.9. The van der Waals surface area contributed by atoms with Gasteiger partial charge >= 0.3 is 0 Å². The molecule has 18 aromatic rings. The second kappa shape index (κ2) is 28.7. The van der Waals surface area contributed by atoms with Crippen molar-refractivity contribution in [2.24, 2.45) is 0 Å². The van der Waals surface area contributed by atoms with Gasteiger partial charge in [0.2, 0.25) is 0 Å². The fourth-order valence-corrected chi connectivity index (χ4v) is 16.2. The highest BCUT2D eigenvalue weighted by molar-refractivity contribution is 5.96. The SMILES string of the molecule is c1ccc(-c2cccc(-c3nc(-c4ccccc4)nc(-c4cccc(-c5ccccc5C5(c6ccccc6)c6ccccc6Oc6ccccc65)c4)n3)c2)cc1.c1ccc(-c2nc(-c3cccc(-c4ccccc4C4(c5ccccc5)c5ccccc5Oc5ccccc54)c3)nc(-c3cccc4ccccc34)n2)cc1. The number of aromatic nitrogens is 6. The summed E-state index contributed by atoms with van der Waals surface area (Å²) in [5.41, 5.74) is 19.9. The highest BCUT2D eigenvalue weighted by Crippen LogP contribution is 2.59. The molecule has 0 bridgehead atoms. The van der Waals surface area contributed by atoms with E-state index in [0.717, 1.165) is 134 Å². The van der Waals surface area contributed by atoms with Crippen LogP contribution in [0, 0.1) is 0 Å². The largest absolute Gasteiger partial charge is 0.457 e. The Morgan fingerprint density at radius 3 is 0.855 bits per heavy atom. The van der Waals surface area contributed by atoms with Crippen molar-refractivity contribution in [2.75, 3.05) is 0 Å². The number of benzene rings is 16. The molecule has 110 heavy (non-hydrogen) atoms. The third-order valence-electron chi connectivity index (χ3n) is 21.1. The van der Waals surface area contributed by atoms with E-state index in [4.69, 9.17) is 39.4 Å². The van der Waals surface area contributed by atoms with Crippen LogP contribution in [-0.4, -0.2) is 29.9 Å². The van der Waals surface area contributed by atoms with Crippen molar-refractivity contribution < 1.29 is 9.47 Å². The molecule has 0 amide bonds. The molecule has 0 unspecified atom stereocenters. The molecule has 2 aromatic heterocycles. The first-order valence-electron chi connectivity index (χ1n) is 37.1. The van der Waals surface area contributed by atoms with Crippen molar-refractivity contribution in [2.45, 2.75) is 10.8 Å². The van der Waals surface area contributed by atoms with Crippen LogP contribution in [0.25, 0.3) is 112 Å². The van der Waals surface area contributed by atoms with Crippen molar-refractivity contribution in [3.05, 3.63) is 457 Å². The number of para-hydroxylation sites is 4. The fourth-order valence-electron chi connectivity index (χ4n) is 16.2. The summed E-state index contributed by atoms with van der Waals surface area (Å²) in [6.07, 6.45) is 0. The lowest BCUT2D eigenvalue weighted by atomic mass is 9.62. The summed E-state index contributed by atoms with van der Waals surface area (Å²) in [6.45, 7) is 0. The second-order valence-corrected chi connectivity index (χ2v) is 27.5. The maximum absolute atomic E-state index is 6.60. The molecular weight excluding hydrogens is 1340 g/mol. The van der Waals surface area contributed by atoms with E-state index in [-0.39, 0.29) is 0 Å². The van der Waals surface area contributed by atoms with Crippen molar-refractivity contribution in [3.63, 3.8) is 0 Å². The second-order valence-electron chi connectivity index (χ2n) is 27.5. The molecule has 0 radical (unpaired) electrons. The van der Waals surface area contributed by atoms with Crippen molar-refractivity contribution in [1.29, 1.82) is 0 Å². The van der Waals surface area contributed by atoms with Crippen molar-refractivity contribution in [3.8, 4) is 125 Å². The fraction of sp³-hybridized carbons (Fsp3) is 0.0196. The van der Waals surface area contributed by atoms with Gasteiger partial charge in [0.1, 0.15) is 23.0 Å². The summed E-state index contributed by atoms with van der Waals surface area (Å²) in [5.74, 6) is 7.14. The number of nitrogens with zero attached hydrogens (tertiary/aromatic N) is 6. The Labute approximate surface area is 638 Å². The van der Waals surface area contributed by atoms with Crippen LogP contribution in [0.2, 0.25) is 0 Å². The molecule has 0 aliphatic carbocycles. The zero-order valence-electron chi connectivity index (χ0n) is 59.8. The van der Waals surface area contributed by atoms with E-state index in [1.165, 1.54) is 11.1 Å². The molecule has 4 heterocycles. The molecule has 0 atom stereocenters. The van der Waals surface area contributed by atoms with E-state index in [1.807, 2.05) is 91.0 Å². The van der Waals surface area contributed by atoms with E-state index in [0.29, 0.717) is 34.9 Å². The molecule has 16 aromatic carbocycles. The molecule has 8 heteroatoms. The van der Waals surface area contributed by atoms with Gasteiger partial charge in [-0.2, -0.15) is 0 Å². The first kappa shape index (κ1) is 66.1. The first-order valence-corrected chi connectivity index (χ1v) is 37.1. The van der Waals surface area contributed by atoms with Crippen LogP contribution in [0.15, 0.2) is 413 Å². The van der Waals surface area contributed by atoms with Crippen LogP contribution in [0.1, 0.15) is 44.5 Å². The lowest BCUT2D eigenvalue weighted by Crippen LogP contribution is -2.34. The Balaban J connectivity index is 0.000000149. The van der Waals surface area contributed by atoms with Gasteiger partial charge in [-0.1, -0.05) is 370 Å². The summed E-state index contributed by atoms with van der Waals surface area (Å²) < 4.78 is 13.2. The minimum atomic E-state index is -0.663. The average molecular weight is 1410 g/mol. The zero-order valence-corrected chi connectivity index (χ0v) is 59.8. The van der Waals surface area contributed by atoms with Crippen molar-refractivity contribution >= 4 is 10.8 Å². The van der Waals surface area contributed by atoms with Gasteiger partial charge in [0, 0.05) is 55.6 Å². The van der Waals surface area contributed by atoms with Crippen LogP contribution in [0.4, 0.5) is 0 Å². The normalized spacial score (nSPS) is 12.7. The summed E-state index contributed by atoms with van der Waals surface area (Å²) in [6, 6.07) is 144. The standard InChI is InChI=1S/C52H35N3O.C50H33N3O/c1-4-18-36(19-5-1)38-22-16-24-40(34-38)50-53-49(37-20-6-2-7-21-37)54-51(55-50)41-25-17-23-39(35-41)43-28-10-11-29-44(43)52(42-26-8-3-9-27-42)45-30-12-14-32-47(45)56-48-33-15-13-31-46(48)52;1-3-18-35(19-4-1)47-51-48(53-49(52-47)41-27-16-20-34-17-7-8-25-39(34)41)37-22-15-21-36(33-37)40-26-9-10-28-42(40)50(38-23-5-2-6-24-38)43-29-11-13-31-45(43)54-46-32-14-12-30-44(46)50/h1-35H;1-33H. The smallest absolute Gasteiger partial charge is 0.164 e. The molecular formula is C102H68N6O2. The summed E-state index contributed by atoms with van der Waals surface area (Å²) in [4.78, 5) is 30.7.